The number of nitrogens with zero attached hydrogens (tertiary/aromatic N) is 1. The van der Waals surface area contributed by atoms with E-state index in [0.717, 1.165) is 22.9 Å². The second-order valence-electron chi connectivity index (χ2n) is 4.47. The summed E-state index contributed by atoms with van der Waals surface area (Å²) in [5, 5.41) is 0. The van der Waals surface area contributed by atoms with E-state index in [2.05, 4.69) is 4.98 Å². The molecule has 2 rings (SSSR count). The molecule has 5 nitrogen and oxygen atoms in total. The second-order valence-corrected chi connectivity index (χ2v) is 4.47. The van der Waals surface area contributed by atoms with Gasteiger partial charge in [-0.2, -0.15) is 0 Å². The standard InChI is InChI=1S/C16H20N2O3/c1-12-3-8-16(15(11-17)18-12)21-10-9-20-14-6-4-13(19-2)5-7-14/h3-8H,9-11,17H2,1-2H3. The van der Waals surface area contributed by atoms with Crippen LogP contribution in [0.4, 0.5) is 0 Å². The van der Waals surface area contributed by atoms with Gasteiger partial charge >= 0.3 is 0 Å². The molecule has 0 aliphatic rings. The van der Waals surface area contributed by atoms with Crippen molar-refractivity contribution in [3.05, 3.63) is 47.8 Å². The number of aromatic nitrogens is 1. The van der Waals surface area contributed by atoms with Gasteiger partial charge in [0.2, 0.25) is 0 Å². The molecule has 112 valence electrons. The number of ether oxygens (including phenoxy) is 3. The Labute approximate surface area is 124 Å². The average molecular weight is 288 g/mol. The van der Waals surface area contributed by atoms with E-state index in [9.17, 15) is 0 Å². The lowest BCUT2D eigenvalue weighted by Crippen LogP contribution is -2.12. The fourth-order valence-corrected chi connectivity index (χ4v) is 1.86. The maximum atomic E-state index is 5.66. The largest absolute Gasteiger partial charge is 0.497 e. The van der Waals surface area contributed by atoms with E-state index < -0.39 is 0 Å². The van der Waals surface area contributed by atoms with Crippen LogP contribution in [0, 0.1) is 6.92 Å². The number of benzene rings is 1. The van der Waals surface area contributed by atoms with Crippen LogP contribution in [0.5, 0.6) is 17.2 Å². The number of hydrogen-bond donors (Lipinski definition) is 1. The van der Waals surface area contributed by atoms with Crippen molar-refractivity contribution in [2.75, 3.05) is 20.3 Å². The Morgan fingerprint density at radius 2 is 1.62 bits per heavy atom. The van der Waals surface area contributed by atoms with Crippen molar-refractivity contribution in [2.24, 2.45) is 5.73 Å². The zero-order chi connectivity index (χ0) is 15.1. The van der Waals surface area contributed by atoms with E-state index in [1.807, 2.05) is 43.3 Å². The molecule has 0 saturated heterocycles. The first-order chi connectivity index (χ1) is 10.2. The molecule has 1 aromatic heterocycles. The SMILES string of the molecule is COc1ccc(OCCOc2ccc(C)nc2CN)cc1. The molecule has 0 aliphatic heterocycles. The third-order valence-corrected chi connectivity index (χ3v) is 2.93. The summed E-state index contributed by atoms with van der Waals surface area (Å²) in [6.45, 7) is 3.17. The van der Waals surface area contributed by atoms with Gasteiger partial charge in [-0.3, -0.25) is 4.98 Å². The van der Waals surface area contributed by atoms with Gasteiger partial charge < -0.3 is 19.9 Å². The van der Waals surface area contributed by atoms with Crippen LogP contribution in [-0.2, 0) is 6.54 Å². The normalized spacial score (nSPS) is 10.2. The Kier molecular flexibility index (Phi) is 5.40. The van der Waals surface area contributed by atoms with E-state index in [-0.39, 0.29) is 0 Å². The molecule has 2 aromatic rings. The quantitative estimate of drug-likeness (QED) is 0.792. The molecule has 5 heteroatoms. The van der Waals surface area contributed by atoms with Crippen LogP contribution in [0.15, 0.2) is 36.4 Å². The molecule has 21 heavy (non-hydrogen) atoms. The summed E-state index contributed by atoms with van der Waals surface area (Å²) >= 11 is 0. The molecule has 0 radical (unpaired) electrons. The van der Waals surface area contributed by atoms with Gasteiger partial charge in [0, 0.05) is 12.2 Å². The van der Waals surface area contributed by atoms with E-state index in [4.69, 9.17) is 19.9 Å². The van der Waals surface area contributed by atoms with Gasteiger partial charge in [-0.25, -0.2) is 0 Å². The topological polar surface area (TPSA) is 66.6 Å². The van der Waals surface area contributed by atoms with Gasteiger partial charge in [0.25, 0.3) is 0 Å². The molecule has 0 unspecified atom stereocenters. The number of methoxy groups -OCH3 is 1. The number of hydrogen-bond acceptors (Lipinski definition) is 5. The van der Waals surface area contributed by atoms with Crippen LogP contribution < -0.4 is 19.9 Å². The Hall–Kier alpha value is -2.27. The molecule has 0 spiro atoms. The minimum atomic E-state index is 0.357. The van der Waals surface area contributed by atoms with E-state index in [1.54, 1.807) is 7.11 Å². The predicted molar refractivity (Wildman–Crippen MR) is 80.8 cm³/mol. The zero-order valence-electron chi connectivity index (χ0n) is 12.3. The van der Waals surface area contributed by atoms with Gasteiger partial charge in [-0.1, -0.05) is 0 Å². The van der Waals surface area contributed by atoms with E-state index >= 15 is 0 Å². The van der Waals surface area contributed by atoms with Crippen molar-refractivity contribution in [3.63, 3.8) is 0 Å². The molecule has 0 atom stereocenters. The Bertz CT molecular complexity index is 570. The lowest BCUT2D eigenvalue weighted by atomic mass is 10.3. The van der Waals surface area contributed by atoms with Gasteiger partial charge in [0.05, 0.1) is 12.8 Å². The highest BCUT2D eigenvalue weighted by Gasteiger charge is 2.04. The van der Waals surface area contributed by atoms with Crippen molar-refractivity contribution in [2.45, 2.75) is 13.5 Å². The number of nitrogens with two attached hydrogens (primary N) is 1. The Morgan fingerprint density at radius 1 is 0.952 bits per heavy atom. The van der Waals surface area contributed by atoms with Crippen LogP contribution >= 0.6 is 0 Å². The van der Waals surface area contributed by atoms with Crippen LogP contribution in [0.1, 0.15) is 11.4 Å². The number of pyridine rings is 1. The van der Waals surface area contributed by atoms with Gasteiger partial charge in [-0.15, -0.1) is 0 Å². The molecule has 0 fully saturated rings. The third-order valence-electron chi connectivity index (χ3n) is 2.93. The fourth-order valence-electron chi connectivity index (χ4n) is 1.86. The highest BCUT2D eigenvalue weighted by atomic mass is 16.5. The number of aryl methyl sites for hydroxylation is 1. The molecule has 0 bridgehead atoms. The van der Waals surface area contributed by atoms with Gasteiger partial charge in [-0.05, 0) is 43.3 Å². The summed E-state index contributed by atoms with van der Waals surface area (Å²) in [5.74, 6) is 2.29. The molecule has 1 aromatic carbocycles. The zero-order valence-corrected chi connectivity index (χ0v) is 12.3. The fraction of sp³-hybridized carbons (Fsp3) is 0.312. The summed E-state index contributed by atoms with van der Waals surface area (Å²) in [6, 6.07) is 11.2. The monoisotopic (exact) mass is 288 g/mol. The minimum Gasteiger partial charge on any atom is -0.497 e. The highest BCUT2D eigenvalue weighted by Crippen LogP contribution is 2.18. The first-order valence-corrected chi connectivity index (χ1v) is 6.79. The Balaban J connectivity index is 1.81. The number of rotatable bonds is 7. The molecule has 2 N–H and O–H groups in total. The molecule has 1 heterocycles. The van der Waals surface area contributed by atoms with Gasteiger partial charge in [0.15, 0.2) is 0 Å². The van der Waals surface area contributed by atoms with Crippen LogP contribution in [0.25, 0.3) is 0 Å². The Morgan fingerprint density at radius 3 is 2.29 bits per heavy atom. The molecular formula is C16H20N2O3. The van der Waals surface area contributed by atoms with E-state index in [1.165, 1.54) is 0 Å². The maximum absolute atomic E-state index is 5.66. The summed E-state index contributed by atoms with van der Waals surface area (Å²) in [6.07, 6.45) is 0. The average Bonchev–Trinajstić information content (AvgIpc) is 2.53. The molecule has 0 saturated carbocycles. The first kappa shape index (κ1) is 15.1. The summed E-state index contributed by atoms with van der Waals surface area (Å²) in [7, 11) is 1.63. The molecular weight excluding hydrogens is 268 g/mol. The first-order valence-electron chi connectivity index (χ1n) is 6.79. The summed E-state index contributed by atoms with van der Waals surface area (Å²) < 4.78 is 16.3. The third kappa shape index (κ3) is 4.36. The van der Waals surface area contributed by atoms with Gasteiger partial charge in [0.1, 0.15) is 30.5 Å². The predicted octanol–water partition coefficient (Wildman–Crippen LogP) is 2.32. The van der Waals surface area contributed by atoms with Crippen molar-refractivity contribution in [1.29, 1.82) is 0 Å². The minimum absolute atomic E-state index is 0.357. The summed E-state index contributed by atoms with van der Waals surface area (Å²) in [5.41, 5.74) is 7.35. The highest BCUT2D eigenvalue weighted by molar-refractivity contribution is 5.31. The smallest absolute Gasteiger partial charge is 0.142 e. The maximum Gasteiger partial charge on any atom is 0.142 e. The lowest BCUT2D eigenvalue weighted by molar-refractivity contribution is 0.215. The lowest BCUT2D eigenvalue weighted by Gasteiger charge is -2.11. The van der Waals surface area contributed by atoms with Crippen molar-refractivity contribution in [3.8, 4) is 17.2 Å². The second kappa shape index (κ2) is 7.50. The van der Waals surface area contributed by atoms with Crippen molar-refractivity contribution in [1.82, 2.24) is 4.98 Å². The van der Waals surface area contributed by atoms with Crippen LogP contribution in [-0.4, -0.2) is 25.3 Å². The molecule has 0 amide bonds. The van der Waals surface area contributed by atoms with Crippen molar-refractivity contribution >= 4 is 0 Å². The summed E-state index contributed by atoms with van der Waals surface area (Å²) in [4.78, 5) is 4.34. The van der Waals surface area contributed by atoms with Crippen molar-refractivity contribution < 1.29 is 14.2 Å². The van der Waals surface area contributed by atoms with Crippen LogP contribution in [0.2, 0.25) is 0 Å². The van der Waals surface area contributed by atoms with E-state index in [0.29, 0.717) is 25.5 Å². The molecule has 0 aliphatic carbocycles. The van der Waals surface area contributed by atoms with Crippen LogP contribution in [0.3, 0.4) is 0 Å².